The fraction of sp³-hybridized carbons (Fsp3) is 0.750. The minimum Gasteiger partial charge on any atom is -0.353 e. The average molecular weight is 224 g/mol. The highest BCUT2D eigenvalue weighted by Gasteiger charge is 2.13. The van der Waals surface area contributed by atoms with E-state index >= 15 is 0 Å². The zero-order chi connectivity index (χ0) is 11.4. The van der Waals surface area contributed by atoms with E-state index in [4.69, 9.17) is 9.47 Å². The van der Waals surface area contributed by atoms with Crippen LogP contribution in [0, 0.1) is 13.8 Å². The number of aryl methyl sites for hydroxylation is 2. The molecule has 0 aliphatic carbocycles. The summed E-state index contributed by atoms with van der Waals surface area (Å²) in [6.07, 6.45) is 3.41. The maximum Gasteiger partial charge on any atom is 0.157 e. The highest BCUT2D eigenvalue weighted by molar-refractivity contribution is 5.06. The second-order valence-corrected chi connectivity index (χ2v) is 4.32. The number of nitrogens with zero attached hydrogens (tertiary/aromatic N) is 2. The summed E-state index contributed by atoms with van der Waals surface area (Å²) in [5.41, 5.74) is 2.25. The molecule has 2 rings (SSSR count). The van der Waals surface area contributed by atoms with Crippen LogP contribution in [-0.4, -0.2) is 29.3 Å². The van der Waals surface area contributed by atoms with Crippen molar-refractivity contribution >= 4 is 0 Å². The molecule has 16 heavy (non-hydrogen) atoms. The smallest absolute Gasteiger partial charge is 0.157 e. The van der Waals surface area contributed by atoms with Crippen molar-refractivity contribution in [2.45, 2.75) is 45.9 Å². The standard InChI is InChI=1S/C12H20N2O2/c1-10-9-11(2)14(13-10)6-8-16-12-5-3-4-7-15-12/h9,12H,3-8H2,1-2H3. The number of hydrogen-bond acceptors (Lipinski definition) is 3. The third-order valence-corrected chi connectivity index (χ3v) is 2.85. The molecule has 4 heteroatoms. The summed E-state index contributed by atoms with van der Waals surface area (Å²) >= 11 is 0. The topological polar surface area (TPSA) is 36.3 Å². The van der Waals surface area contributed by atoms with Gasteiger partial charge in [0.05, 0.1) is 18.8 Å². The maximum atomic E-state index is 5.67. The fourth-order valence-corrected chi connectivity index (χ4v) is 2.01. The van der Waals surface area contributed by atoms with Crippen molar-refractivity contribution in [3.8, 4) is 0 Å². The first-order valence-corrected chi connectivity index (χ1v) is 6.00. The first kappa shape index (κ1) is 11.6. The molecule has 1 fully saturated rings. The van der Waals surface area contributed by atoms with E-state index in [2.05, 4.69) is 18.1 Å². The van der Waals surface area contributed by atoms with Crippen molar-refractivity contribution in [2.75, 3.05) is 13.2 Å². The Balaban J connectivity index is 1.73. The predicted octanol–water partition coefficient (Wildman–Crippen LogP) is 2.04. The predicted molar refractivity (Wildman–Crippen MR) is 61.2 cm³/mol. The molecule has 1 unspecified atom stereocenters. The molecule has 1 aliphatic rings. The molecule has 1 aliphatic heterocycles. The lowest BCUT2D eigenvalue weighted by molar-refractivity contribution is -0.163. The van der Waals surface area contributed by atoms with Gasteiger partial charge in [-0.05, 0) is 39.2 Å². The molecule has 1 saturated heterocycles. The van der Waals surface area contributed by atoms with Gasteiger partial charge in [0, 0.05) is 12.3 Å². The molecule has 0 amide bonds. The van der Waals surface area contributed by atoms with Crippen LogP contribution in [0.2, 0.25) is 0 Å². The summed E-state index contributed by atoms with van der Waals surface area (Å²) in [6, 6.07) is 2.08. The zero-order valence-corrected chi connectivity index (χ0v) is 10.1. The Bertz CT molecular complexity index is 330. The molecule has 0 N–H and O–H groups in total. The summed E-state index contributed by atoms with van der Waals surface area (Å²) < 4.78 is 13.2. The molecule has 4 nitrogen and oxygen atoms in total. The van der Waals surface area contributed by atoms with Gasteiger partial charge in [-0.1, -0.05) is 0 Å². The lowest BCUT2D eigenvalue weighted by Crippen LogP contribution is -2.24. The molecule has 0 spiro atoms. The van der Waals surface area contributed by atoms with Crippen LogP contribution >= 0.6 is 0 Å². The Hall–Kier alpha value is -0.870. The Kier molecular flexibility index (Phi) is 3.96. The molecule has 0 radical (unpaired) electrons. The Morgan fingerprint density at radius 3 is 3.00 bits per heavy atom. The van der Waals surface area contributed by atoms with Gasteiger partial charge >= 0.3 is 0 Å². The fourth-order valence-electron chi connectivity index (χ4n) is 2.01. The van der Waals surface area contributed by atoms with E-state index in [1.165, 1.54) is 12.1 Å². The summed E-state index contributed by atoms with van der Waals surface area (Å²) in [5.74, 6) is 0. The first-order valence-electron chi connectivity index (χ1n) is 6.00. The van der Waals surface area contributed by atoms with Crippen molar-refractivity contribution in [3.05, 3.63) is 17.5 Å². The summed E-state index contributed by atoms with van der Waals surface area (Å²) in [5, 5.41) is 4.39. The van der Waals surface area contributed by atoms with E-state index in [1.807, 2.05) is 11.6 Å². The van der Waals surface area contributed by atoms with Gasteiger partial charge < -0.3 is 9.47 Å². The van der Waals surface area contributed by atoms with Crippen LogP contribution in [0.4, 0.5) is 0 Å². The van der Waals surface area contributed by atoms with E-state index < -0.39 is 0 Å². The molecular weight excluding hydrogens is 204 g/mol. The SMILES string of the molecule is Cc1cc(C)n(CCOC2CCCCO2)n1. The van der Waals surface area contributed by atoms with Crippen molar-refractivity contribution in [2.24, 2.45) is 0 Å². The molecule has 0 aromatic carbocycles. The third kappa shape index (κ3) is 3.06. The van der Waals surface area contributed by atoms with Gasteiger partial charge in [-0.15, -0.1) is 0 Å². The van der Waals surface area contributed by atoms with E-state index in [-0.39, 0.29) is 6.29 Å². The maximum absolute atomic E-state index is 5.67. The van der Waals surface area contributed by atoms with Gasteiger partial charge in [0.25, 0.3) is 0 Å². The third-order valence-electron chi connectivity index (χ3n) is 2.85. The molecule has 90 valence electrons. The van der Waals surface area contributed by atoms with Gasteiger partial charge in [0.1, 0.15) is 0 Å². The van der Waals surface area contributed by atoms with Crippen molar-refractivity contribution in [1.29, 1.82) is 0 Å². The van der Waals surface area contributed by atoms with Gasteiger partial charge in [0.15, 0.2) is 6.29 Å². The molecule has 2 heterocycles. The zero-order valence-electron chi connectivity index (χ0n) is 10.1. The first-order chi connectivity index (χ1) is 7.75. The second-order valence-electron chi connectivity index (χ2n) is 4.32. The van der Waals surface area contributed by atoms with Crippen molar-refractivity contribution in [1.82, 2.24) is 9.78 Å². The van der Waals surface area contributed by atoms with Crippen LogP contribution in [0.25, 0.3) is 0 Å². The second kappa shape index (κ2) is 5.46. The number of rotatable bonds is 4. The average Bonchev–Trinajstić information content (AvgIpc) is 2.59. The van der Waals surface area contributed by atoms with Crippen LogP contribution in [0.5, 0.6) is 0 Å². The monoisotopic (exact) mass is 224 g/mol. The van der Waals surface area contributed by atoms with E-state index in [0.717, 1.165) is 31.7 Å². The molecular formula is C12H20N2O2. The van der Waals surface area contributed by atoms with Gasteiger partial charge in [-0.3, -0.25) is 4.68 Å². The van der Waals surface area contributed by atoms with E-state index in [0.29, 0.717) is 6.61 Å². The summed E-state index contributed by atoms with van der Waals surface area (Å²) in [4.78, 5) is 0. The lowest BCUT2D eigenvalue weighted by atomic mass is 10.2. The normalized spacial score (nSPS) is 21.2. The number of ether oxygens (including phenoxy) is 2. The minimum absolute atomic E-state index is 0.00529. The van der Waals surface area contributed by atoms with Crippen LogP contribution in [0.15, 0.2) is 6.07 Å². The van der Waals surface area contributed by atoms with Crippen LogP contribution in [-0.2, 0) is 16.0 Å². The van der Waals surface area contributed by atoms with Crippen molar-refractivity contribution < 1.29 is 9.47 Å². The molecule has 0 bridgehead atoms. The Labute approximate surface area is 96.5 Å². The van der Waals surface area contributed by atoms with E-state index in [9.17, 15) is 0 Å². The summed E-state index contributed by atoms with van der Waals surface area (Å²) in [7, 11) is 0. The number of aromatic nitrogens is 2. The largest absolute Gasteiger partial charge is 0.353 e. The van der Waals surface area contributed by atoms with Crippen LogP contribution in [0.1, 0.15) is 30.7 Å². The number of hydrogen-bond donors (Lipinski definition) is 0. The van der Waals surface area contributed by atoms with Gasteiger partial charge in [-0.2, -0.15) is 5.10 Å². The lowest BCUT2D eigenvalue weighted by Gasteiger charge is -2.22. The van der Waals surface area contributed by atoms with Crippen molar-refractivity contribution in [3.63, 3.8) is 0 Å². The molecule has 1 atom stereocenters. The molecule has 1 aromatic rings. The van der Waals surface area contributed by atoms with Gasteiger partial charge in [0.2, 0.25) is 0 Å². The molecule has 1 aromatic heterocycles. The van der Waals surface area contributed by atoms with E-state index in [1.54, 1.807) is 0 Å². The van der Waals surface area contributed by atoms with Crippen LogP contribution < -0.4 is 0 Å². The van der Waals surface area contributed by atoms with Crippen LogP contribution in [0.3, 0.4) is 0 Å². The summed E-state index contributed by atoms with van der Waals surface area (Å²) in [6.45, 7) is 6.39. The molecule has 0 saturated carbocycles. The highest BCUT2D eigenvalue weighted by atomic mass is 16.7. The quantitative estimate of drug-likeness (QED) is 0.785. The minimum atomic E-state index is 0.00529. The Morgan fingerprint density at radius 2 is 2.38 bits per heavy atom. The highest BCUT2D eigenvalue weighted by Crippen LogP contribution is 2.13. The van der Waals surface area contributed by atoms with Gasteiger partial charge in [-0.25, -0.2) is 0 Å². The Morgan fingerprint density at radius 1 is 1.50 bits per heavy atom.